The predicted molar refractivity (Wildman–Crippen MR) is 63.6 cm³/mol. The molecule has 1 heterocycles. The average molecular weight is 214 g/mol. The summed E-state index contributed by atoms with van der Waals surface area (Å²) in [5.74, 6) is 0.818. The quantitative estimate of drug-likeness (QED) is 0.726. The van der Waals surface area contributed by atoms with Crippen LogP contribution in [0.2, 0.25) is 0 Å². The minimum atomic E-state index is 0.396. The molecule has 82 valence electrons. The monoisotopic (exact) mass is 214 g/mol. The van der Waals surface area contributed by atoms with E-state index >= 15 is 0 Å². The number of hydrogen-bond acceptors (Lipinski definition) is 2. The lowest BCUT2D eigenvalue weighted by atomic mass is 9.93. The molecule has 0 amide bonds. The highest BCUT2D eigenvalue weighted by Crippen LogP contribution is 2.31. The molecule has 0 spiro atoms. The maximum Gasteiger partial charge on any atom is 0.185 e. The molecule has 2 heteroatoms. The second kappa shape index (κ2) is 4.35. The summed E-state index contributed by atoms with van der Waals surface area (Å²) in [6.07, 6.45) is 2.31. The summed E-state index contributed by atoms with van der Waals surface area (Å²) in [6.45, 7) is 4.28. The fraction of sp³-hybridized carbons (Fsp3) is 0.214. The van der Waals surface area contributed by atoms with Crippen molar-refractivity contribution in [2.45, 2.75) is 19.8 Å². The lowest BCUT2D eigenvalue weighted by Gasteiger charge is -2.11. The van der Waals surface area contributed by atoms with Gasteiger partial charge in [-0.2, -0.15) is 0 Å². The normalized spacial score (nSPS) is 10.7. The Kier molecular flexibility index (Phi) is 2.91. The van der Waals surface area contributed by atoms with E-state index in [0.717, 1.165) is 17.4 Å². The number of furan rings is 1. The highest BCUT2D eigenvalue weighted by molar-refractivity contribution is 5.85. The topological polar surface area (TPSA) is 30.2 Å². The molecule has 0 aliphatic heterocycles. The molecule has 2 nitrogen and oxygen atoms in total. The molecule has 0 fully saturated rings. The van der Waals surface area contributed by atoms with Gasteiger partial charge in [0.05, 0.1) is 6.26 Å². The molecule has 0 aliphatic carbocycles. The Morgan fingerprint density at radius 3 is 2.56 bits per heavy atom. The number of rotatable bonds is 3. The maximum absolute atomic E-state index is 10.8. The molecule has 0 atom stereocenters. The van der Waals surface area contributed by atoms with Gasteiger partial charge in [-0.05, 0) is 23.1 Å². The van der Waals surface area contributed by atoms with E-state index in [1.54, 1.807) is 6.26 Å². The number of benzene rings is 1. The summed E-state index contributed by atoms with van der Waals surface area (Å²) in [4.78, 5) is 10.8. The van der Waals surface area contributed by atoms with Crippen molar-refractivity contribution >= 4 is 6.29 Å². The lowest BCUT2D eigenvalue weighted by Crippen LogP contribution is -1.92. The summed E-state index contributed by atoms with van der Waals surface area (Å²) in [6, 6.07) is 9.93. The third kappa shape index (κ3) is 1.78. The van der Waals surface area contributed by atoms with Crippen LogP contribution in [0.15, 0.2) is 41.0 Å². The Bertz CT molecular complexity index is 495. The SMILES string of the molecule is CC(C)c1ccccc1-c1ccoc1C=O. The molecule has 1 aromatic heterocycles. The summed E-state index contributed by atoms with van der Waals surface area (Å²) < 4.78 is 5.13. The van der Waals surface area contributed by atoms with Crippen molar-refractivity contribution in [3.8, 4) is 11.1 Å². The summed E-state index contributed by atoms with van der Waals surface area (Å²) in [5.41, 5.74) is 3.18. The van der Waals surface area contributed by atoms with Crippen molar-refractivity contribution in [1.82, 2.24) is 0 Å². The van der Waals surface area contributed by atoms with Crippen LogP contribution in [0.5, 0.6) is 0 Å². The molecule has 0 radical (unpaired) electrons. The summed E-state index contributed by atoms with van der Waals surface area (Å²) in [5, 5.41) is 0. The fourth-order valence-electron chi connectivity index (χ4n) is 1.88. The molecule has 0 bridgehead atoms. The number of carbonyl (C=O) groups excluding carboxylic acids is 1. The van der Waals surface area contributed by atoms with E-state index in [-0.39, 0.29) is 0 Å². The zero-order chi connectivity index (χ0) is 11.5. The average Bonchev–Trinajstić information content (AvgIpc) is 2.76. The van der Waals surface area contributed by atoms with Gasteiger partial charge in [-0.25, -0.2) is 0 Å². The minimum absolute atomic E-state index is 0.396. The van der Waals surface area contributed by atoms with Crippen molar-refractivity contribution in [2.75, 3.05) is 0 Å². The van der Waals surface area contributed by atoms with Crippen LogP contribution in [0.3, 0.4) is 0 Å². The largest absolute Gasteiger partial charge is 0.461 e. The first-order valence-electron chi connectivity index (χ1n) is 5.36. The smallest absolute Gasteiger partial charge is 0.185 e. The Hall–Kier alpha value is -1.83. The highest BCUT2D eigenvalue weighted by Gasteiger charge is 2.12. The molecule has 0 aliphatic rings. The van der Waals surface area contributed by atoms with Gasteiger partial charge < -0.3 is 4.42 Å². The zero-order valence-electron chi connectivity index (χ0n) is 9.44. The summed E-state index contributed by atoms with van der Waals surface area (Å²) in [7, 11) is 0. The van der Waals surface area contributed by atoms with E-state index in [1.165, 1.54) is 5.56 Å². The van der Waals surface area contributed by atoms with E-state index in [0.29, 0.717) is 11.7 Å². The van der Waals surface area contributed by atoms with Gasteiger partial charge in [-0.15, -0.1) is 0 Å². The van der Waals surface area contributed by atoms with Crippen molar-refractivity contribution in [3.63, 3.8) is 0 Å². The van der Waals surface area contributed by atoms with Gasteiger partial charge in [-0.1, -0.05) is 38.1 Å². The first kappa shape index (κ1) is 10.7. The van der Waals surface area contributed by atoms with E-state index in [2.05, 4.69) is 19.9 Å². The molecule has 16 heavy (non-hydrogen) atoms. The third-order valence-electron chi connectivity index (χ3n) is 2.68. The van der Waals surface area contributed by atoms with E-state index in [1.807, 2.05) is 24.3 Å². The van der Waals surface area contributed by atoms with Crippen LogP contribution < -0.4 is 0 Å². The standard InChI is InChI=1S/C14H14O2/c1-10(2)11-5-3-4-6-12(11)13-7-8-16-14(13)9-15/h3-10H,1-2H3. The molecule has 2 rings (SSSR count). The van der Waals surface area contributed by atoms with Crippen LogP contribution in [-0.2, 0) is 0 Å². The van der Waals surface area contributed by atoms with Crippen LogP contribution in [-0.4, -0.2) is 6.29 Å². The molecule has 1 aromatic carbocycles. The van der Waals surface area contributed by atoms with Crippen LogP contribution in [0.4, 0.5) is 0 Å². The van der Waals surface area contributed by atoms with Crippen molar-refractivity contribution in [3.05, 3.63) is 47.9 Å². The van der Waals surface area contributed by atoms with E-state index in [4.69, 9.17) is 4.42 Å². The van der Waals surface area contributed by atoms with Gasteiger partial charge in [-0.3, -0.25) is 4.79 Å². The van der Waals surface area contributed by atoms with Gasteiger partial charge >= 0.3 is 0 Å². The van der Waals surface area contributed by atoms with Gasteiger partial charge in [0, 0.05) is 5.56 Å². The Morgan fingerprint density at radius 1 is 1.12 bits per heavy atom. The first-order valence-corrected chi connectivity index (χ1v) is 5.36. The Balaban J connectivity index is 2.59. The maximum atomic E-state index is 10.8. The van der Waals surface area contributed by atoms with Gasteiger partial charge in [0.15, 0.2) is 12.0 Å². The molecular formula is C14H14O2. The zero-order valence-corrected chi connectivity index (χ0v) is 9.44. The molecule has 0 N–H and O–H groups in total. The Labute approximate surface area is 94.9 Å². The van der Waals surface area contributed by atoms with Crippen molar-refractivity contribution < 1.29 is 9.21 Å². The minimum Gasteiger partial charge on any atom is -0.461 e. The van der Waals surface area contributed by atoms with Crippen LogP contribution in [0.1, 0.15) is 35.9 Å². The molecule has 2 aromatic rings. The third-order valence-corrected chi connectivity index (χ3v) is 2.68. The Morgan fingerprint density at radius 2 is 1.88 bits per heavy atom. The van der Waals surface area contributed by atoms with E-state index in [9.17, 15) is 4.79 Å². The van der Waals surface area contributed by atoms with Crippen molar-refractivity contribution in [1.29, 1.82) is 0 Å². The van der Waals surface area contributed by atoms with E-state index < -0.39 is 0 Å². The molecule has 0 saturated carbocycles. The van der Waals surface area contributed by atoms with Crippen LogP contribution in [0.25, 0.3) is 11.1 Å². The first-order chi connectivity index (χ1) is 7.74. The predicted octanol–water partition coefficient (Wildman–Crippen LogP) is 3.88. The van der Waals surface area contributed by atoms with Crippen LogP contribution in [0, 0.1) is 0 Å². The van der Waals surface area contributed by atoms with Gasteiger partial charge in [0.25, 0.3) is 0 Å². The highest BCUT2D eigenvalue weighted by atomic mass is 16.3. The molecular weight excluding hydrogens is 200 g/mol. The lowest BCUT2D eigenvalue weighted by molar-refractivity contribution is 0.110. The van der Waals surface area contributed by atoms with Gasteiger partial charge in [0.1, 0.15) is 0 Å². The van der Waals surface area contributed by atoms with Crippen molar-refractivity contribution in [2.24, 2.45) is 0 Å². The summed E-state index contributed by atoms with van der Waals surface area (Å²) >= 11 is 0. The molecule has 0 unspecified atom stereocenters. The number of carbonyl (C=O) groups is 1. The number of aldehydes is 1. The number of hydrogen-bond donors (Lipinski definition) is 0. The molecule has 0 saturated heterocycles. The van der Waals surface area contributed by atoms with Crippen LogP contribution >= 0.6 is 0 Å². The second-order valence-electron chi connectivity index (χ2n) is 4.06. The van der Waals surface area contributed by atoms with Gasteiger partial charge in [0.2, 0.25) is 0 Å². The fourth-order valence-corrected chi connectivity index (χ4v) is 1.88. The second-order valence-corrected chi connectivity index (χ2v) is 4.06.